The SMILES string of the molecule is COc1ccc(C(=O)C2(C(=O)O)CC=CC(C)(C(=O)O)C2)cc1. The van der Waals surface area contributed by atoms with E-state index in [2.05, 4.69) is 0 Å². The molecule has 1 aromatic carbocycles. The molecular formula is C17H18O6. The van der Waals surface area contributed by atoms with Crippen LogP contribution >= 0.6 is 0 Å². The highest BCUT2D eigenvalue weighted by molar-refractivity contribution is 6.12. The largest absolute Gasteiger partial charge is 0.497 e. The summed E-state index contributed by atoms with van der Waals surface area (Å²) in [4.78, 5) is 36.1. The second kappa shape index (κ2) is 5.87. The van der Waals surface area contributed by atoms with Crippen LogP contribution in [0.4, 0.5) is 0 Å². The van der Waals surface area contributed by atoms with Crippen LogP contribution in [-0.4, -0.2) is 35.0 Å². The van der Waals surface area contributed by atoms with Crippen molar-refractivity contribution in [3.8, 4) is 5.75 Å². The molecule has 6 heteroatoms. The van der Waals surface area contributed by atoms with Gasteiger partial charge in [0.2, 0.25) is 0 Å². The summed E-state index contributed by atoms with van der Waals surface area (Å²) in [6, 6.07) is 6.11. The molecule has 2 N–H and O–H groups in total. The zero-order valence-corrected chi connectivity index (χ0v) is 12.9. The maximum Gasteiger partial charge on any atom is 0.317 e. The molecule has 1 aliphatic carbocycles. The minimum atomic E-state index is -1.78. The Morgan fingerprint density at radius 1 is 1.09 bits per heavy atom. The highest BCUT2D eigenvalue weighted by atomic mass is 16.5. The molecule has 2 atom stereocenters. The summed E-state index contributed by atoms with van der Waals surface area (Å²) in [6.07, 6.45) is 2.60. The average molecular weight is 318 g/mol. The second-order valence-corrected chi connectivity index (χ2v) is 5.95. The predicted octanol–water partition coefficient (Wildman–Crippen LogP) is 2.39. The summed E-state index contributed by atoms with van der Waals surface area (Å²) in [5, 5.41) is 19.0. The van der Waals surface area contributed by atoms with E-state index in [-0.39, 0.29) is 18.4 Å². The van der Waals surface area contributed by atoms with Gasteiger partial charge >= 0.3 is 11.9 Å². The molecule has 0 fully saturated rings. The number of carboxylic acids is 2. The summed E-state index contributed by atoms with van der Waals surface area (Å²) in [5.74, 6) is -2.51. The lowest BCUT2D eigenvalue weighted by atomic mass is 9.63. The van der Waals surface area contributed by atoms with Crippen LogP contribution in [0, 0.1) is 10.8 Å². The molecule has 0 radical (unpaired) electrons. The molecule has 0 aromatic heterocycles. The zero-order valence-electron chi connectivity index (χ0n) is 12.9. The van der Waals surface area contributed by atoms with Crippen LogP contribution in [0.25, 0.3) is 0 Å². The Morgan fingerprint density at radius 2 is 1.70 bits per heavy atom. The number of aliphatic carboxylic acids is 2. The summed E-state index contributed by atoms with van der Waals surface area (Å²) in [7, 11) is 1.49. The van der Waals surface area contributed by atoms with Crippen molar-refractivity contribution < 1.29 is 29.3 Å². The minimum absolute atomic E-state index is 0.0317. The van der Waals surface area contributed by atoms with E-state index in [4.69, 9.17) is 4.74 Å². The number of carbonyl (C=O) groups excluding carboxylic acids is 1. The lowest BCUT2D eigenvalue weighted by Gasteiger charge is -2.37. The van der Waals surface area contributed by atoms with Gasteiger partial charge in [0, 0.05) is 5.56 Å². The van der Waals surface area contributed by atoms with Crippen LogP contribution in [0.1, 0.15) is 30.1 Å². The fourth-order valence-electron chi connectivity index (χ4n) is 2.88. The highest BCUT2D eigenvalue weighted by Gasteiger charge is 2.53. The van der Waals surface area contributed by atoms with Crippen LogP contribution in [0.15, 0.2) is 36.4 Å². The number of hydrogen-bond acceptors (Lipinski definition) is 4. The molecule has 2 rings (SSSR count). The summed E-state index contributed by atoms with van der Waals surface area (Å²) >= 11 is 0. The van der Waals surface area contributed by atoms with E-state index in [1.54, 1.807) is 12.1 Å². The predicted molar refractivity (Wildman–Crippen MR) is 81.5 cm³/mol. The minimum Gasteiger partial charge on any atom is -0.497 e. The molecule has 0 saturated carbocycles. The Bertz CT molecular complexity index is 675. The van der Waals surface area contributed by atoms with Gasteiger partial charge in [-0.1, -0.05) is 12.2 Å². The molecule has 1 aliphatic rings. The highest BCUT2D eigenvalue weighted by Crippen LogP contribution is 2.45. The normalized spacial score (nSPS) is 26.5. The molecular weight excluding hydrogens is 300 g/mol. The number of carbonyl (C=O) groups is 3. The van der Waals surface area contributed by atoms with Gasteiger partial charge < -0.3 is 14.9 Å². The molecule has 0 heterocycles. The maximum absolute atomic E-state index is 12.8. The van der Waals surface area contributed by atoms with Gasteiger partial charge in [0.05, 0.1) is 12.5 Å². The van der Waals surface area contributed by atoms with E-state index >= 15 is 0 Å². The van der Waals surface area contributed by atoms with Crippen molar-refractivity contribution in [1.82, 2.24) is 0 Å². The molecule has 0 spiro atoms. The van der Waals surface area contributed by atoms with Crippen LogP contribution in [0.2, 0.25) is 0 Å². The standard InChI is InChI=1S/C17H18O6/c1-16(14(19)20)8-3-9-17(10-16,15(21)22)13(18)11-4-6-12(23-2)7-5-11/h3-8H,9-10H2,1-2H3,(H,19,20)(H,21,22). The number of ether oxygens (including phenoxy) is 1. The first-order chi connectivity index (χ1) is 10.7. The third-order valence-corrected chi connectivity index (χ3v) is 4.31. The number of allylic oxidation sites excluding steroid dienone is 1. The molecule has 0 amide bonds. The van der Waals surface area contributed by atoms with Crippen molar-refractivity contribution >= 4 is 17.7 Å². The number of carboxylic acid groups (broad SMARTS) is 2. The molecule has 0 saturated heterocycles. The van der Waals surface area contributed by atoms with Crippen molar-refractivity contribution in [3.05, 3.63) is 42.0 Å². The molecule has 122 valence electrons. The van der Waals surface area contributed by atoms with Gasteiger partial charge in [0.15, 0.2) is 5.78 Å². The van der Waals surface area contributed by atoms with Crippen molar-refractivity contribution in [1.29, 1.82) is 0 Å². The first-order valence-electron chi connectivity index (χ1n) is 7.08. The first kappa shape index (κ1) is 16.7. The van der Waals surface area contributed by atoms with Crippen molar-refractivity contribution in [2.75, 3.05) is 7.11 Å². The fourth-order valence-corrected chi connectivity index (χ4v) is 2.88. The Balaban J connectivity index is 2.45. The average Bonchev–Trinajstić information content (AvgIpc) is 2.54. The maximum atomic E-state index is 12.8. The van der Waals surface area contributed by atoms with Gasteiger partial charge in [0.1, 0.15) is 11.2 Å². The zero-order chi connectivity index (χ0) is 17.3. The molecule has 1 aromatic rings. The monoisotopic (exact) mass is 318 g/mol. The lowest BCUT2D eigenvalue weighted by molar-refractivity contribution is -0.152. The van der Waals surface area contributed by atoms with Gasteiger partial charge in [-0.25, -0.2) is 0 Å². The second-order valence-electron chi connectivity index (χ2n) is 5.95. The number of rotatable bonds is 5. The molecule has 2 unspecified atom stereocenters. The molecule has 0 aliphatic heterocycles. The van der Waals surface area contributed by atoms with Gasteiger partial charge in [-0.15, -0.1) is 0 Å². The fraction of sp³-hybridized carbons (Fsp3) is 0.353. The Kier molecular flexibility index (Phi) is 4.27. The van der Waals surface area contributed by atoms with Crippen molar-refractivity contribution in [3.63, 3.8) is 0 Å². The molecule has 0 bridgehead atoms. The van der Waals surface area contributed by atoms with E-state index in [0.29, 0.717) is 5.75 Å². The topological polar surface area (TPSA) is 101 Å². The van der Waals surface area contributed by atoms with Crippen molar-refractivity contribution in [2.24, 2.45) is 10.8 Å². The molecule has 23 heavy (non-hydrogen) atoms. The lowest BCUT2D eigenvalue weighted by Crippen LogP contribution is -2.47. The Labute approximate surface area is 133 Å². The molecule has 6 nitrogen and oxygen atoms in total. The summed E-state index contributed by atoms with van der Waals surface area (Å²) < 4.78 is 5.02. The van der Waals surface area contributed by atoms with Crippen LogP contribution < -0.4 is 4.74 Å². The number of ketones is 1. The van der Waals surface area contributed by atoms with Gasteiger partial charge in [-0.3, -0.25) is 14.4 Å². The number of benzene rings is 1. The van der Waals surface area contributed by atoms with E-state index in [9.17, 15) is 24.6 Å². The number of methoxy groups -OCH3 is 1. The van der Waals surface area contributed by atoms with E-state index in [1.165, 1.54) is 38.3 Å². The summed E-state index contributed by atoms with van der Waals surface area (Å²) in [6.45, 7) is 1.42. The smallest absolute Gasteiger partial charge is 0.317 e. The van der Waals surface area contributed by atoms with Crippen LogP contribution in [0.3, 0.4) is 0 Å². The quantitative estimate of drug-likeness (QED) is 0.491. The Hall–Kier alpha value is -2.63. The van der Waals surface area contributed by atoms with Crippen molar-refractivity contribution in [2.45, 2.75) is 19.8 Å². The van der Waals surface area contributed by atoms with Gasteiger partial charge in [-0.2, -0.15) is 0 Å². The number of hydrogen-bond donors (Lipinski definition) is 2. The van der Waals surface area contributed by atoms with E-state index in [1.807, 2.05) is 0 Å². The van der Waals surface area contributed by atoms with Crippen LogP contribution in [-0.2, 0) is 9.59 Å². The van der Waals surface area contributed by atoms with E-state index in [0.717, 1.165) is 0 Å². The van der Waals surface area contributed by atoms with Gasteiger partial charge in [-0.05, 0) is 44.0 Å². The van der Waals surface area contributed by atoms with E-state index < -0.39 is 28.6 Å². The third kappa shape index (κ3) is 2.84. The number of Topliss-reactive ketones (excluding diaryl/α,β-unsaturated/α-hetero) is 1. The third-order valence-electron chi connectivity index (χ3n) is 4.31. The summed E-state index contributed by atoms with van der Waals surface area (Å²) in [5.41, 5.74) is -2.95. The first-order valence-corrected chi connectivity index (χ1v) is 7.08. The van der Waals surface area contributed by atoms with Crippen LogP contribution in [0.5, 0.6) is 5.75 Å². The Morgan fingerprint density at radius 3 is 2.17 bits per heavy atom. The van der Waals surface area contributed by atoms with Gasteiger partial charge in [0.25, 0.3) is 0 Å².